The van der Waals surface area contributed by atoms with E-state index in [0.717, 1.165) is 21.1 Å². The first kappa shape index (κ1) is 17.6. The van der Waals surface area contributed by atoms with E-state index in [1.54, 1.807) is 24.3 Å². The van der Waals surface area contributed by atoms with Gasteiger partial charge in [-0.2, -0.15) is 0 Å². The third kappa shape index (κ3) is 3.05. The summed E-state index contributed by atoms with van der Waals surface area (Å²) in [5.41, 5.74) is 2.72. The number of ketones is 1. The number of hydrogen-bond donors (Lipinski definition) is 1. The van der Waals surface area contributed by atoms with Gasteiger partial charge < -0.3 is 5.32 Å². The number of Topliss-reactive ketones (excluding diaryl/α,β-unsaturated/α-hetero) is 1. The third-order valence-corrected chi connectivity index (χ3v) is 4.50. The van der Waals surface area contributed by atoms with E-state index in [2.05, 4.69) is 15.4 Å². The molecule has 140 valence electrons. The molecule has 0 bridgehead atoms. The molecule has 1 N–H and O–H groups in total. The molecule has 0 spiro atoms. The lowest BCUT2D eigenvalue weighted by atomic mass is 10.1. The summed E-state index contributed by atoms with van der Waals surface area (Å²) < 4.78 is 2.42. The van der Waals surface area contributed by atoms with Crippen LogP contribution in [0.4, 0.5) is 5.69 Å². The summed E-state index contributed by atoms with van der Waals surface area (Å²) in [6.45, 7) is 3.14. The minimum Gasteiger partial charge on any atom is -0.324 e. The van der Waals surface area contributed by atoms with Gasteiger partial charge in [0.2, 0.25) is 5.91 Å². The molecule has 0 fully saturated rings. The molecule has 0 unspecified atom stereocenters. The van der Waals surface area contributed by atoms with E-state index in [1.165, 1.54) is 17.7 Å². The number of benzene rings is 2. The summed E-state index contributed by atoms with van der Waals surface area (Å²) in [7, 11) is 0. The van der Waals surface area contributed by atoms with Gasteiger partial charge in [-0.1, -0.05) is 24.3 Å². The van der Waals surface area contributed by atoms with E-state index in [1.807, 2.05) is 25.1 Å². The Morgan fingerprint density at radius 2 is 1.93 bits per heavy atom. The van der Waals surface area contributed by atoms with E-state index in [-0.39, 0.29) is 12.3 Å². The molecule has 0 atom stereocenters. The highest BCUT2D eigenvalue weighted by atomic mass is 16.2. The Kier molecular flexibility index (Phi) is 4.23. The van der Waals surface area contributed by atoms with Crippen molar-refractivity contribution in [1.82, 2.24) is 19.2 Å². The molecule has 0 saturated heterocycles. The third-order valence-electron chi connectivity index (χ3n) is 4.50. The molecule has 0 radical (unpaired) electrons. The standard InChI is InChI=1S/C20H17N5O3/c1-12-5-3-8-16-18(12)21-11-24-19(16)23-25(20(24)28)10-17(27)22-15-7-4-6-14(9-15)13(2)26/h3-9,11H,10H2,1-2H3,(H,22,27). The van der Waals surface area contributed by atoms with Crippen molar-refractivity contribution < 1.29 is 9.59 Å². The minimum absolute atomic E-state index is 0.0951. The summed E-state index contributed by atoms with van der Waals surface area (Å²) in [5.74, 6) is -0.512. The predicted molar refractivity (Wildman–Crippen MR) is 105 cm³/mol. The lowest BCUT2D eigenvalue weighted by molar-refractivity contribution is -0.117. The summed E-state index contributed by atoms with van der Waals surface area (Å²) in [5, 5.41) is 7.75. The summed E-state index contributed by atoms with van der Waals surface area (Å²) in [6, 6.07) is 12.3. The highest BCUT2D eigenvalue weighted by molar-refractivity contribution is 5.97. The first-order chi connectivity index (χ1) is 13.4. The minimum atomic E-state index is -0.446. The van der Waals surface area contributed by atoms with Crippen molar-refractivity contribution in [1.29, 1.82) is 0 Å². The van der Waals surface area contributed by atoms with Crippen molar-refractivity contribution in [3.63, 3.8) is 0 Å². The molecule has 8 nitrogen and oxygen atoms in total. The molecule has 4 aromatic rings. The lowest BCUT2D eigenvalue weighted by Crippen LogP contribution is -2.28. The van der Waals surface area contributed by atoms with Gasteiger partial charge >= 0.3 is 5.69 Å². The molecule has 2 heterocycles. The number of carbonyl (C=O) groups excluding carboxylic acids is 2. The quantitative estimate of drug-likeness (QED) is 0.551. The highest BCUT2D eigenvalue weighted by Crippen LogP contribution is 2.18. The first-order valence-electron chi connectivity index (χ1n) is 8.68. The van der Waals surface area contributed by atoms with E-state index in [9.17, 15) is 14.4 Å². The number of hydrogen-bond acceptors (Lipinski definition) is 5. The summed E-state index contributed by atoms with van der Waals surface area (Å²) in [4.78, 5) is 40.8. The number of nitrogens with zero attached hydrogens (tertiary/aromatic N) is 4. The van der Waals surface area contributed by atoms with Crippen molar-refractivity contribution in [2.75, 3.05) is 5.32 Å². The van der Waals surface area contributed by atoms with Crippen LogP contribution < -0.4 is 11.0 Å². The SMILES string of the molecule is CC(=O)c1cccc(NC(=O)Cn2nc3c4cccc(C)c4ncn3c2=O)c1. The summed E-state index contributed by atoms with van der Waals surface area (Å²) >= 11 is 0. The van der Waals surface area contributed by atoms with Crippen molar-refractivity contribution in [2.24, 2.45) is 0 Å². The zero-order valence-corrected chi connectivity index (χ0v) is 15.3. The van der Waals surface area contributed by atoms with Gasteiger partial charge in [-0.05, 0) is 37.6 Å². The van der Waals surface area contributed by atoms with Crippen LogP contribution in [0.3, 0.4) is 0 Å². The Balaban J connectivity index is 1.65. The fourth-order valence-corrected chi connectivity index (χ4v) is 3.09. The zero-order chi connectivity index (χ0) is 19.8. The molecule has 2 aromatic heterocycles. The van der Waals surface area contributed by atoms with Crippen LogP contribution in [0.15, 0.2) is 53.6 Å². The van der Waals surface area contributed by atoms with Crippen molar-refractivity contribution >= 4 is 33.9 Å². The summed E-state index contributed by atoms with van der Waals surface area (Å²) in [6.07, 6.45) is 1.42. The van der Waals surface area contributed by atoms with E-state index in [4.69, 9.17) is 0 Å². The predicted octanol–water partition coefficient (Wildman–Crippen LogP) is 2.19. The van der Waals surface area contributed by atoms with Gasteiger partial charge in [-0.25, -0.2) is 18.9 Å². The number of anilines is 1. The number of carbonyl (C=O) groups is 2. The van der Waals surface area contributed by atoms with Gasteiger partial charge in [-0.15, -0.1) is 5.10 Å². The smallest absolute Gasteiger partial charge is 0.324 e. The fourth-order valence-electron chi connectivity index (χ4n) is 3.09. The number of para-hydroxylation sites is 1. The molecule has 1 amide bonds. The average Bonchev–Trinajstić information content (AvgIpc) is 2.98. The topological polar surface area (TPSA) is 98.4 Å². The molecule has 0 aliphatic heterocycles. The highest BCUT2D eigenvalue weighted by Gasteiger charge is 2.14. The van der Waals surface area contributed by atoms with Crippen LogP contribution in [0, 0.1) is 6.92 Å². The molecule has 2 aromatic carbocycles. The maximum Gasteiger partial charge on any atom is 0.352 e. The van der Waals surface area contributed by atoms with Gasteiger partial charge in [0.25, 0.3) is 0 Å². The van der Waals surface area contributed by atoms with Crippen LogP contribution in [-0.2, 0) is 11.3 Å². The normalized spacial score (nSPS) is 11.1. The van der Waals surface area contributed by atoms with Crippen LogP contribution >= 0.6 is 0 Å². The Morgan fingerprint density at radius 3 is 2.71 bits per heavy atom. The molecular formula is C20H17N5O3. The second-order valence-corrected chi connectivity index (χ2v) is 6.53. The molecule has 8 heteroatoms. The number of aryl methyl sites for hydroxylation is 1. The van der Waals surface area contributed by atoms with E-state index in [0.29, 0.717) is 16.9 Å². The van der Waals surface area contributed by atoms with E-state index >= 15 is 0 Å². The van der Waals surface area contributed by atoms with Gasteiger partial charge in [0.05, 0.1) is 5.52 Å². The van der Waals surface area contributed by atoms with Crippen LogP contribution in [0.5, 0.6) is 0 Å². The molecule has 0 saturated carbocycles. The monoisotopic (exact) mass is 375 g/mol. The van der Waals surface area contributed by atoms with Gasteiger partial charge in [-0.3, -0.25) is 9.59 Å². The Morgan fingerprint density at radius 1 is 1.14 bits per heavy atom. The van der Waals surface area contributed by atoms with Crippen molar-refractivity contribution in [3.8, 4) is 0 Å². The number of aromatic nitrogens is 4. The Bertz CT molecular complexity index is 1300. The molecule has 0 aliphatic carbocycles. The van der Waals surface area contributed by atoms with Crippen LogP contribution in [0.2, 0.25) is 0 Å². The number of amides is 1. The van der Waals surface area contributed by atoms with Gasteiger partial charge in [0.1, 0.15) is 12.9 Å². The maximum absolute atomic E-state index is 12.6. The Hall–Kier alpha value is -3.81. The van der Waals surface area contributed by atoms with Crippen LogP contribution in [0.1, 0.15) is 22.8 Å². The van der Waals surface area contributed by atoms with E-state index < -0.39 is 11.6 Å². The Labute approximate surface area is 159 Å². The van der Waals surface area contributed by atoms with Crippen LogP contribution in [0.25, 0.3) is 16.6 Å². The molecule has 4 rings (SSSR count). The average molecular weight is 375 g/mol. The fraction of sp³-hybridized carbons (Fsp3) is 0.150. The molecule has 0 aliphatic rings. The second kappa shape index (κ2) is 6.73. The number of rotatable bonds is 4. The van der Waals surface area contributed by atoms with Crippen LogP contribution in [-0.4, -0.2) is 30.9 Å². The van der Waals surface area contributed by atoms with Crippen molar-refractivity contribution in [3.05, 3.63) is 70.4 Å². The van der Waals surface area contributed by atoms with Gasteiger partial charge in [0.15, 0.2) is 11.4 Å². The number of fused-ring (bicyclic) bond motifs is 3. The molecular weight excluding hydrogens is 358 g/mol. The first-order valence-corrected chi connectivity index (χ1v) is 8.68. The van der Waals surface area contributed by atoms with Gasteiger partial charge in [0, 0.05) is 16.6 Å². The largest absolute Gasteiger partial charge is 0.352 e. The maximum atomic E-state index is 12.6. The molecule has 28 heavy (non-hydrogen) atoms. The number of nitrogens with one attached hydrogen (secondary N) is 1. The second-order valence-electron chi connectivity index (χ2n) is 6.53. The lowest BCUT2D eigenvalue weighted by Gasteiger charge is -2.05. The van der Waals surface area contributed by atoms with Crippen molar-refractivity contribution in [2.45, 2.75) is 20.4 Å². The zero-order valence-electron chi connectivity index (χ0n) is 15.3.